The van der Waals surface area contributed by atoms with Crippen LogP contribution in [0.4, 0.5) is 30.2 Å². The van der Waals surface area contributed by atoms with E-state index >= 15 is 0 Å². The summed E-state index contributed by atoms with van der Waals surface area (Å²) >= 11 is 0. The molecule has 0 aliphatic heterocycles. The van der Waals surface area contributed by atoms with Gasteiger partial charge in [-0.25, -0.2) is 0 Å². The van der Waals surface area contributed by atoms with Gasteiger partial charge in [0.05, 0.1) is 10.5 Å². The molecule has 0 aliphatic rings. The average molecular weight is 429 g/mol. The highest BCUT2D eigenvalue weighted by molar-refractivity contribution is 6.06. The number of rotatable bonds is 5. The topological polar surface area (TPSA) is 101 Å². The molecular formula is C21H14F3N3O4. The van der Waals surface area contributed by atoms with Crippen LogP contribution in [0.1, 0.15) is 26.3 Å². The Morgan fingerprint density at radius 2 is 1.29 bits per heavy atom. The van der Waals surface area contributed by atoms with Gasteiger partial charge in [0.1, 0.15) is 0 Å². The minimum absolute atomic E-state index is 0.00428. The second kappa shape index (κ2) is 8.66. The van der Waals surface area contributed by atoms with Crippen LogP contribution < -0.4 is 10.6 Å². The molecule has 0 saturated heterocycles. The third-order valence-electron chi connectivity index (χ3n) is 4.19. The first-order chi connectivity index (χ1) is 14.6. The SMILES string of the molecule is O=C(Nc1ccc(C(=O)Nc2cccc(C(F)(F)F)c2)cc1)c1ccc([N+](=O)[O-])cc1. The molecule has 3 aromatic rings. The number of carbonyl (C=O) groups is 2. The fourth-order valence-electron chi connectivity index (χ4n) is 2.62. The van der Waals surface area contributed by atoms with Crippen LogP contribution in [0.3, 0.4) is 0 Å². The largest absolute Gasteiger partial charge is 0.416 e. The number of hydrogen-bond acceptors (Lipinski definition) is 4. The number of halogens is 3. The Morgan fingerprint density at radius 1 is 0.774 bits per heavy atom. The Kier molecular flexibility index (Phi) is 6.00. The highest BCUT2D eigenvalue weighted by Gasteiger charge is 2.30. The maximum atomic E-state index is 12.8. The van der Waals surface area contributed by atoms with E-state index in [-0.39, 0.29) is 22.5 Å². The number of amides is 2. The molecule has 2 amide bonds. The van der Waals surface area contributed by atoms with E-state index in [1.165, 1.54) is 60.7 Å². The molecule has 7 nitrogen and oxygen atoms in total. The van der Waals surface area contributed by atoms with Crippen LogP contribution in [-0.2, 0) is 6.18 Å². The normalized spacial score (nSPS) is 10.9. The van der Waals surface area contributed by atoms with Gasteiger partial charge in [-0.3, -0.25) is 19.7 Å². The Hall–Kier alpha value is -4.21. The van der Waals surface area contributed by atoms with Crippen LogP contribution in [0, 0.1) is 10.1 Å². The van der Waals surface area contributed by atoms with Crippen molar-refractivity contribution in [3.8, 4) is 0 Å². The lowest BCUT2D eigenvalue weighted by Gasteiger charge is -2.10. The third-order valence-corrected chi connectivity index (χ3v) is 4.19. The Labute approximate surface area is 173 Å². The summed E-state index contributed by atoms with van der Waals surface area (Å²) in [5.41, 5.74) is -0.292. The molecule has 10 heteroatoms. The first kappa shape index (κ1) is 21.5. The lowest BCUT2D eigenvalue weighted by atomic mass is 10.1. The zero-order valence-corrected chi connectivity index (χ0v) is 15.6. The van der Waals surface area contributed by atoms with Gasteiger partial charge in [0.25, 0.3) is 17.5 Å². The van der Waals surface area contributed by atoms with Gasteiger partial charge in [0.15, 0.2) is 0 Å². The van der Waals surface area contributed by atoms with Crippen molar-refractivity contribution in [2.24, 2.45) is 0 Å². The van der Waals surface area contributed by atoms with Gasteiger partial charge < -0.3 is 10.6 Å². The number of benzene rings is 3. The predicted octanol–water partition coefficient (Wildman–Crippen LogP) is 5.12. The maximum absolute atomic E-state index is 12.8. The standard InChI is InChI=1S/C21H14F3N3O4/c22-21(23,24)15-2-1-3-17(12-15)26-20(29)13-4-8-16(9-5-13)25-19(28)14-6-10-18(11-7-14)27(30)31/h1-12H,(H,25,28)(H,26,29). The smallest absolute Gasteiger partial charge is 0.322 e. The number of nitro benzene ring substituents is 1. The van der Waals surface area contributed by atoms with Crippen molar-refractivity contribution >= 4 is 28.9 Å². The number of alkyl halides is 3. The molecular weight excluding hydrogens is 415 g/mol. The Morgan fingerprint density at radius 3 is 1.81 bits per heavy atom. The molecule has 0 radical (unpaired) electrons. The molecule has 0 unspecified atom stereocenters. The lowest BCUT2D eigenvalue weighted by molar-refractivity contribution is -0.384. The zero-order chi connectivity index (χ0) is 22.6. The monoisotopic (exact) mass is 429 g/mol. The van der Waals surface area contributed by atoms with Gasteiger partial charge in [-0.15, -0.1) is 0 Å². The summed E-state index contributed by atoms with van der Waals surface area (Å²) in [7, 11) is 0. The first-order valence-electron chi connectivity index (χ1n) is 8.78. The molecule has 0 spiro atoms. The molecule has 0 aromatic heterocycles. The molecule has 0 saturated carbocycles. The van der Waals surface area contributed by atoms with E-state index in [9.17, 15) is 32.9 Å². The van der Waals surface area contributed by atoms with Gasteiger partial charge in [-0.05, 0) is 54.6 Å². The van der Waals surface area contributed by atoms with E-state index in [4.69, 9.17) is 0 Å². The van der Waals surface area contributed by atoms with Crippen LogP contribution >= 0.6 is 0 Å². The maximum Gasteiger partial charge on any atom is 0.416 e. The summed E-state index contributed by atoms with van der Waals surface area (Å²) < 4.78 is 38.3. The van der Waals surface area contributed by atoms with Crippen molar-refractivity contribution in [3.05, 3.63) is 99.6 Å². The van der Waals surface area contributed by atoms with Crippen molar-refractivity contribution in [1.29, 1.82) is 0 Å². The molecule has 2 N–H and O–H groups in total. The second-order valence-electron chi connectivity index (χ2n) is 6.37. The van der Waals surface area contributed by atoms with Crippen molar-refractivity contribution in [3.63, 3.8) is 0 Å². The number of non-ortho nitro benzene ring substituents is 1. The number of nitrogens with zero attached hydrogens (tertiary/aromatic N) is 1. The minimum Gasteiger partial charge on any atom is -0.322 e. The van der Waals surface area contributed by atoms with E-state index in [0.717, 1.165) is 12.1 Å². The van der Waals surface area contributed by atoms with E-state index in [0.29, 0.717) is 5.69 Å². The summed E-state index contributed by atoms with van der Waals surface area (Å²) in [4.78, 5) is 34.6. The van der Waals surface area contributed by atoms with Crippen molar-refractivity contribution in [2.75, 3.05) is 10.6 Å². The van der Waals surface area contributed by atoms with E-state index in [1.54, 1.807) is 0 Å². The van der Waals surface area contributed by atoms with Crippen LogP contribution in [0.2, 0.25) is 0 Å². The molecule has 3 aromatic carbocycles. The van der Waals surface area contributed by atoms with Gasteiger partial charge in [-0.2, -0.15) is 13.2 Å². The van der Waals surface area contributed by atoms with Gasteiger partial charge in [-0.1, -0.05) is 6.07 Å². The van der Waals surface area contributed by atoms with E-state index in [2.05, 4.69) is 10.6 Å². The van der Waals surface area contributed by atoms with Crippen LogP contribution in [0.25, 0.3) is 0 Å². The molecule has 0 fully saturated rings. The second-order valence-corrected chi connectivity index (χ2v) is 6.37. The van der Waals surface area contributed by atoms with Gasteiger partial charge in [0.2, 0.25) is 0 Å². The number of anilines is 2. The van der Waals surface area contributed by atoms with Crippen molar-refractivity contribution < 1.29 is 27.7 Å². The summed E-state index contributed by atoms with van der Waals surface area (Å²) in [6.07, 6.45) is -4.52. The Balaban J connectivity index is 1.65. The first-order valence-corrected chi connectivity index (χ1v) is 8.78. The number of hydrogen-bond donors (Lipinski definition) is 2. The van der Waals surface area contributed by atoms with E-state index < -0.39 is 28.5 Å². The molecule has 3 rings (SSSR count). The predicted molar refractivity (Wildman–Crippen MR) is 107 cm³/mol. The highest BCUT2D eigenvalue weighted by Crippen LogP contribution is 2.30. The van der Waals surface area contributed by atoms with Crippen LogP contribution in [0.15, 0.2) is 72.8 Å². The van der Waals surface area contributed by atoms with E-state index in [1.807, 2.05) is 0 Å². The fraction of sp³-hybridized carbons (Fsp3) is 0.0476. The average Bonchev–Trinajstić information content (AvgIpc) is 2.74. The Bertz CT molecular complexity index is 1130. The molecule has 158 valence electrons. The van der Waals surface area contributed by atoms with Crippen LogP contribution in [0.5, 0.6) is 0 Å². The highest BCUT2D eigenvalue weighted by atomic mass is 19.4. The molecule has 0 bridgehead atoms. The molecule has 0 heterocycles. The molecule has 31 heavy (non-hydrogen) atoms. The lowest BCUT2D eigenvalue weighted by Crippen LogP contribution is -2.14. The summed E-state index contributed by atoms with van der Waals surface area (Å²) in [5.74, 6) is -1.12. The number of nitrogens with one attached hydrogen (secondary N) is 2. The summed E-state index contributed by atoms with van der Waals surface area (Å²) in [6.45, 7) is 0. The third kappa shape index (κ3) is 5.44. The van der Waals surface area contributed by atoms with Crippen molar-refractivity contribution in [1.82, 2.24) is 0 Å². The minimum atomic E-state index is -4.52. The zero-order valence-electron chi connectivity index (χ0n) is 15.6. The summed E-state index contributed by atoms with van der Waals surface area (Å²) in [5, 5.41) is 15.6. The quantitative estimate of drug-likeness (QED) is 0.434. The van der Waals surface area contributed by atoms with Crippen molar-refractivity contribution in [2.45, 2.75) is 6.18 Å². The number of nitro groups is 1. The van der Waals surface area contributed by atoms with Gasteiger partial charge >= 0.3 is 6.18 Å². The van der Waals surface area contributed by atoms with Gasteiger partial charge in [0, 0.05) is 34.6 Å². The number of carbonyl (C=O) groups excluding carboxylic acids is 2. The fourth-order valence-corrected chi connectivity index (χ4v) is 2.62. The molecule has 0 aliphatic carbocycles. The summed E-state index contributed by atoms with van der Waals surface area (Å²) in [6, 6.07) is 15.0. The van der Waals surface area contributed by atoms with Crippen LogP contribution in [-0.4, -0.2) is 16.7 Å². The molecule has 0 atom stereocenters.